The fraction of sp³-hybridized carbons (Fsp3) is 0.741. The van der Waals surface area contributed by atoms with Gasteiger partial charge in [0.05, 0.1) is 12.2 Å². The van der Waals surface area contributed by atoms with Crippen molar-refractivity contribution in [1.82, 2.24) is 0 Å². The third-order valence-electron chi connectivity index (χ3n) is 9.71. The van der Waals surface area contributed by atoms with E-state index in [2.05, 4.69) is 0 Å². The number of ketones is 2. The molecule has 5 rings (SSSR count). The number of rotatable bonds is 5. The van der Waals surface area contributed by atoms with Gasteiger partial charge in [-0.05, 0) is 64.5 Å². The van der Waals surface area contributed by atoms with E-state index in [1.165, 1.54) is 12.2 Å². The maximum absolute atomic E-state index is 17.4. The average Bonchev–Trinajstić information content (AvgIpc) is 3.23. The van der Waals surface area contributed by atoms with Gasteiger partial charge >= 0.3 is 6.16 Å². The topological polar surface area (TPSA) is 134 Å². The number of ether oxygens (including phenoxy) is 4. The van der Waals surface area contributed by atoms with Crippen molar-refractivity contribution < 1.29 is 42.8 Å². The highest BCUT2D eigenvalue weighted by atomic mass is 19.1. The minimum absolute atomic E-state index is 0.0467. The summed E-state index contributed by atoms with van der Waals surface area (Å²) in [5.74, 6) is -2.77. The Hall–Kier alpha value is -2.14. The standard InChI is InChI=1S/C27H36FNO8/c1-23(2)36-21-12-18-17-6-5-15-11-16(30)7-8-24(15,3)26(17,28)19(31)13-25(18,4)27(21,37-23)20(32)14-35-22(33)34-10-9-29/h7-8,11,17-19,21,31H,5-6,9-10,12-14,29H2,1-4H3/t17-,18-,19-,21+,24-,25-,26-,27+/m0/s1. The van der Waals surface area contributed by atoms with Gasteiger partial charge in [-0.15, -0.1) is 0 Å². The van der Waals surface area contributed by atoms with E-state index in [1.54, 1.807) is 26.8 Å². The van der Waals surface area contributed by atoms with Crippen LogP contribution >= 0.6 is 0 Å². The Morgan fingerprint density at radius 2 is 1.95 bits per heavy atom. The summed E-state index contributed by atoms with van der Waals surface area (Å²) in [6.07, 6.45) is 2.51. The Morgan fingerprint density at radius 3 is 2.65 bits per heavy atom. The maximum Gasteiger partial charge on any atom is 0.508 e. The van der Waals surface area contributed by atoms with Crippen molar-refractivity contribution in [1.29, 1.82) is 0 Å². The van der Waals surface area contributed by atoms with E-state index in [-0.39, 0.29) is 31.3 Å². The second-order valence-electron chi connectivity index (χ2n) is 11.9. The van der Waals surface area contributed by atoms with E-state index in [4.69, 9.17) is 24.7 Å². The first-order valence-corrected chi connectivity index (χ1v) is 13.0. The fourth-order valence-corrected chi connectivity index (χ4v) is 8.22. The summed E-state index contributed by atoms with van der Waals surface area (Å²) >= 11 is 0. The molecule has 37 heavy (non-hydrogen) atoms. The largest absolute Gasteiger partial charge is 0.508 e. The van der Waals surface area contributed by atoms with Gasteiger partial charge < -0.3 is 29.8 Å². The monoisotopic (exact) mass is 521 g/mol. The van der Waals surface area contributed by atoms with Crippen LogP contribution in [0.1, 0.15) is 53.4 Å². The van der Waals surface area contributed by atoms with Crippen molar-refractivity contribution in [2.75, 3.05) is 19.8 Å². The fourth-order valence-electron chi connectivity index (χ4n) is 8.22. The summed E-state index contributed by atoms with van der Waals surface area (Å²) in [5.41, 5.74) is 0.290. The van der Waals surface area contributed by atoms with Gasteiger partial charge in [-0.2, -0.15) is 0 Å². The van der Waals surface area contributed by atoms with E-state index in [1.807, 2.05) is 6.92 Å². The molecule has 1 aliphatic heterocycles. The van der Waals surface area contributed by atoms with Crippen molar-refractivity contribution >= 4 is 17.7 Å². The molecule has 204 valence electrons. The van der Waals surface area contributed by atoms with Gasteiger partial charge in [0.25, 0.3) is 0 Å². The molecular weight excluding hydrogens is 485 g/mol. The number of carbonyl (C=O) groups is 3. The summed E-state index contributed by atoms with van der Waals surface area (Å²) < 4.78 is 39.9. The van der Waals surface area contributed by atoms with Gasteiger partial charge in [-0.1, -0.05) is 18.6 Å². The number of Topliss-reactive ketones (excluding diaryl/α,β-unsaturated/α-hetero) is 1. The average molecular weight is 522 g/mol. The third-order valence-corrected chi connectivity index (χ3v) is 9.71. The lowest BCUT2D eigenvalue weighted by atomic mass is 9.44. The van der Waals surface area contributed by atoms with Crippen LogP contribution in [0.5, 0.6) is 0 Å². The number of hydrogen-bond donors (Lipinski definition) is 2. The van der Waals surface area contributed by atoms with E-state index in [9.17, 15) is 19.5 Å². The van der Waals surface area contributed by atoms with Crippen LogP contribution in [0.4, 0.5) is 9.18 Å². The number of aliphatic hydroxyl groups excluding tert-OH is 1. The Bertz CT molecular complexity index is 1090. The Labute approximate surface area is 215 Å². The molecule has 8 atom stereocenters. The first kappa shape index (κ1) is 26.5. The van der Waals surface area contributed by atoms with E-state index in [0.717, 1.165) is 0 Å². The highest BCUT2D eigenvalue weighted by Gasteiger charge is 2.80. The van der Waals surface area contributed by atoms with Crippen LogP contribution in [0.3, 0.4) is 0 Å². The van der Waals surface area contributed by atoms with Crippen LogP contribution in [0, 0.1) is 22.7 Å². The number of nitrogens with two attached hydrogens (primary N) is 1. The molecule has 3 N–H and O–H groups in total. The minimum atomic E-state index is -2.04. The minimum Gasteiger partial charge on any atom is -0.433 e. The van der Waals surface area contributed by atoms with Gasteiger partial charge in [-0.25, -0.2) is 9.18 Å². The molecule has 0 radical (unpaired) electrons. The Morgan fingerprint density at radius 1 is 1.22 bits per heavy atom. The molecule has 4 aliphatic carbocycles. The van der Waals surface area contributed by atoms with Gasteiger partial charge in [-0.3, -0.25) is 9.59 Å². The van der Waals surface area contributed by atoms with Crippen molar-refractivity contribution in [3.63, 3.8) is 0 Å². The molecule has 1 saturated heterocycles. The van der Waals surface area contributed by atoms with Crippen molar-refractivity contribution in [2.45, 2.75) is 82.6 Å². The SMILES string of the molecule is CC1(C)O[C@@H]2C[C@H]3[C@@H]4CCC5=CC(=O)C=C[C@]5(C)[C@@]4(F)[C@@H](O)C[C@]3(C)[C@]2(C(=O)COC(=O)OCCN)O1. The molecular formula is C27H36FNO8. The molecule has 1 heterocycles. The van der Waals surface area contributed by atoms with Crippen LogP contribution in [0.2, 0.25) is 0 Å². The van der Waals surface area contributed by atoms with Crippen molar-refractivity contribution in [3.05, 3.63) is 23.8 Å². The molecule has 9 nitrogen and oxygen atoms in total. The maximum atomic E-state index is 17.4. The lowest BCUT2D eigenvalue weighted by molar-refractivity contribution is -0.246. The molecule has 4 fully saturated rings. The second kappa shape index (κ2) is 8.43. The molecule has 10 heteroatoms. The normalized spacial score (nSPS) is 45.3. The van der Waals surface area contributed by atoms with Crippen molar-refractivity contribution in [3.8, 4) is 0 Å². The van der Waals surface area contributed by atoms with Crippen LogP contribution in [0.25, 0.3) is 0 Å². The summed E-state index contributed by atoms with van der Waals surface area (Å²) in [4.78, 5) is 37.8. The number of halogens is 1. The summed E-state index contributed by atoms with van der Waals surface area (Å²) in [6.45, 7) is 6.46. The van der Waals surface area contributed by atoms with E-state index >= 15 is 4.39 Å². The first-order chi connectivity index (χ1) is 17.2. The van der Waals surface area contributed by atoms with Crippen LogP contribution in [-0.2, 0) is 28.5 Å². The predicted octanol–water partition coefficient (Wildman–Crippen LogP) is 2.54. The molecule has 5 aliphatic rings. The third kappa shape index (κ3) is 3.45. The zero-order chi connectivity index (χ0) is 27.0. The molecule has 0 bridgehead atoms. The molecule has 3 saturated carbocycles. The number of alkyl halides is 1. The Kier molecular flexibility index (Phi) is 6.03. The Balaban J connectivity index is 1.52. The number of hydrogen-bond acceptors (Lipinski definition) is 9. The van der Waals surface area contributed by atoms with E-state index < -0.39 is 64.6 Å². The van der Waals surface area contributed by atoms with Crippen LogP contribution in [-0.4, -0.2) is 71.9 Å². The zero-order valence-corrected chi connectivity index (χ0v) is 21.8. The first-order valence-electron chi connectivity index (χ1n) is 13.0. The summed E-state index contributed by atoms with van der Waals surface area (Å²) in [7, 11) is 0. The van der Waals surface area contributed by atoms with Gasteiger partial charge in [0.15, 0.2) is 29.4 Å². The zero-order valence-electron chi connectivity index (χ0n) is 21.8. The van der Waals surface area contributed by atoms with Crippen molar-refractivity contribution in [2.24, 2.45) is 28.4 Å². The summed E-state index contributed by atoms with van der Waals surface area (Å²) in [5, 5.41) is 11.6. The highest BCUT2D eigenvalue weighted by Crippen LogP contribution is 2.72. The van der Waals surface area contributed by atoms with Crippen LogP contribution in [0.15, 0.2) is 23.8 Å². The quantitative estimate of drug-likeness (QED) is 0.523. The van der Waals surface area contributed by atoms with E-state index in [0.29, 0.717) is 24.8 Å². The number of carbonyl (C=O) groups excluding carboxylic acids is 3. The van der Waals surface area contributed by atoms with Gasteiger partial charge in [0.2, 0.25) is 5.78 Å². The molecule has 0 aromatic heterocycles. The molecule has 0 unspecified atom stereocenters. The molecule has 0 spiro atoms. The van der Waals surface area contributed by atoms with Crippen LogP contribution < -0.4 is 5.73 Å². The predicted molar refractivity (Wildman–Crippen MR) is 128 cm³/mol. The smallest absolute Gasteiger partial charge is 0.433 e. The number of allylic oxidation sites excluding steroid dienone is 4. The van der Waals surface area contributed by atoms with Gasteiger partial charge in [0, 0.05) is 23.3 Å². The lowest BCUT2D eigenvalue weighted by Crippen LogP contribution is -2.70. The lowest BCUT2D eigenvalue weighted by Gasteiger charge is -2.62. The number of aliphatic hydroxyl groups is 1. The highest BCUT2D eigenvalue weighted by molar-refractivity contribution is 6.01. The van der Waals surface area contributed by atoms with Gasteiger partial charge in [0.1, 0.15) is 6.61 Å². The molecule has 0 amide bonds. The second-order valence-corrected chi connectivity index (χ2v) is 11.9. The molecule has 0 aromatic carbocycles. The number of fused-ring (bicyclic) bond motifs is 7. The summed E-state index contributed by atoms with van der Waals surface area (Å²) in [6, 6.07) is 0. The molecule has 0 aromatic rings.